The molecule has 0 saturated carbocycles. The van der Waals surface area contributed by atoms with Crippen molar-refractivity contribution in [2.75, 3.05) is 54.1 Å². The van der Waals surface area contributed by atoms with Gasteiger partial charge in [-0.15, -0.1) is 0 Å². The number of ether oxygens (including phenoxy) is 2. The van der Waals surface area contributed by atoms with E-state index in [2.05, 4.69) is 38.2 Å². The Kier molecular flexibility index (Phi) is 38.1. The highest BCUT2D eigenvalue weighted by Gasteiger charge is 2.26. The van der Waals surface area contributed by atoms with Crippen LogP contribution in [0.3, 0.4) is 0 Å². The highest BCUT2D eigenvalue weighted by atomic mass is 31.2. The van der Waals surface area contributed by atoms with Crippen molar-refractivity contribution in [1.82, 2.24) is 0 Å². The maximum absolute atomic E-state index is 12.7. The van der Waals surface area contributed by atoms with E-state index >= 15 is 0 Å². The number of unbranched alkanes of at least 4 members (excludes halogenated alkanes) is 24. The SMILES string of the molecule is CCCC/C=C\C/C=C\CCCCCCCCOCC(COP(=O)(O)OCC[N+](C)(C)C)OC(=O)CCCCCCCCCCCCCCCCCCC. The molecule has 2 unspecified atom stereocenters. The van der Waals surface area contributed by atoms with Gasteiger partial charge in [0.2, 0.25) is 0 Å². The molecule has 0 bridgehead atoms. The van der Waals surface area contributed by atoms with Crippen LogP contribution in [0, 0.1) is 0 Å². The maximum Gasteiger partial charge on any atom is 0.472 e. The summed E-state index contributed by atoms with van der Waals surface area (Å²) in [4.78, 5) is 22.9. The number of nitrogens with zero attached hydrogens (tertiary/aromatic N) is 1. The van der Waals surface area contributed by atoms with Gasteiger partial charge in [-0.25, -0.2) is 4.57 Å². The second kappa shape index (κ2) is 38.8. The second-order valence-electron chi connectivity index (χ2n) is 16.4. The van der Waals surface area contributed by atoms with Gasteiger partial charge in [-0.2, -0.15) is 0 Å². The van der Waals surface area contributed by atoms with Crippen LogP contribution in [-0.4, -0.2) is 75.6 Å². The van der Waals surface area contributed by atoms with Gasteiger partial charge in [0.25, 0.3) is 0 Å². The van der Waals surface area contributed by atoms with E-state index in [1.807, 2.05) is 21.1 Å². The Bertz CT molecular complexity index is 920. The largest absolute Gasteiger partial charge is 0.472 e. The summed E-state index contributed by atoms with van der Waals surface area (Å²) in [6.07, 6.45) is 43.5. The van der Waals surface area contributed by atoms with E-state index in [4.69, 9.17) is 18.5 Å². The molecule has 320 valence electrons. The standard InChI is InChI=1S/C45H88NO7P/c1-6-8-10-12-14-16-18-20-22-23-24-26-28-30-32-34-36-38-45(47)53-44(43-52-54(48,49)51-41-39-46(3,4)5)42-50-40-37-35-33-31-29-27-25-21-19-17-15-13-11-9-7-2/h13,15,19,21,44H,6-12,14,16-18,20,22-43H2,1-5H3/p+1/b15-13-,21-19-. The fourth-order valence-corrected chi connectivity index (χ4v) is 6.96. The molecule has 0 aliphatic heterocycles. The van der Waals surface area contributed by atoms with Crippen LogP contribution in [-0.2, 0) is 27.9 Å². The van der Waals surface area contributed by atoms with E-state index in [1.165, 1.54) is 135 Å². The molecule has 0 spiro atoms. The number of phosphoric acid groups is 1. The van der Waals surface area contributed by atoms with Crippen LogP contribution in [0.1, 0.15) is 200 Å². The zero-order valence-electron chi connectivity index (χ0n) is 36.2. The normalized spacial score (nSPS) is 14.0. The number of phosphoric ester groups is 1. The average molecular weight is 787 g/mol. The molecule has 0 amide bonds. The Hall–Kier alpha value is -1.02. The molecule has 0 radical (unpaired) electrons. The van der Waals surface area contributed by atoms with Gasteiger partial charge in [0.05, 0.1) is 34.4 Å². The third-order valence-electron chi connectivity index (χ3n) is 9.77. The molecule has 0 heterocycles. The molecule has 0 rings (SSSR count). The van der Waals surface area contributed by atoms with Crippen molar-refractivity contribution in [2.45, 2.75) is 206 Å². The van der Waals surface area contributed by atoms with E-state index in [-0.39, 0.29) is 25.8 Å². The van der Waals surface area contributed by atoms with Crippen LogP contribution in [0.2, 0.25) is 0 Å². The lowest BCUT2D eigenvalue weighted by Crippen LogP contribution is -2.37. The molecule has 0 aromatic rings. The fourth-order valence-electron chi connectivity index (χ4n) is 6.22. The molecule has 0 aromatic heterocycles. The van der Waals surface area contributed by atoms with Gasteiger partial charge >= 0.3 is 13.8 Å². The van der Waals surface area contributed by atoms with Crippen molar-refractivity contribution in [3.05, 3.63) is 24.3 Å². The quantitative estimate of drug-likeness (QED) is 0.0217. The van der Waals surface area contributed by atoms with E-state index in [0.29, 0.717) is 24.1 Å². The number of hydrogen-bond donors (Lipinski definition) is 1. The molecule has 0 aromatic carbocycles. The van der Waals surface area contributed by atoms with Gasteiger partial charge in [-0.1, -0.05) is 179 Å². The fraction of sp³-hybridized carbons (Fsp3) is 0.889. The van der Waals surface area contributed by atoms with Gasteiger partial charge in [0, 0.05) is 13.0 Å². The predicted molar refractivity (Wildman–Crippen MR) is 229 cm³/mol. The Morgan fingerprint density at radius 1 is 0.574 bits per heavy atom. The lowest BCUT2D eigenvalue weighted by molar-refractivity contribution is -0.870. The molecule has 0 aliphatic rings. The summed E-state index contributed by atoms with van der Waals surface area (Å²) in [7, 11) is 1.67. The summed E-state index contributed by atoms with van der Waals surface area (Å²) in [5, 5.41) is 0. The Balaban J connectivity index is 4.21. The number of carbonyl (C=O) groups excluding carboxylic acids is 1. The van der Waals surface area contributed by atoms with Gasteiger partial charge in [-0.3, -0.25) is 13.8 Å². The number of allylic oxidation sites excluding steroid dienone is 4. The van der Waals surface area contributed by atoms with Crippen molar-refractivity contribution < 1.29 is 37.3 Å². The summed E-state index contributed by atoms with van der Waals surface area (Å²) >= 11 is 0. The Labute approximate surface area is 334 Å². The lowest BCUT2D eigenvalue weighted by Gasteiger charge is -2.24. The van der Waals surface area contributed by atoms with Crippen molar-refractivity contribution in [3.63, 3.8) is 0 Å². The van der Waals surface area contributed by atoms with E-state index in [1.54, 1.807) is 0 Å². The van der Waals surface area contributed by atoms with E-state index in [9.17, 15) is 14.3 Å². The van der Waals surface area contributed by atoms with Crippen LogP contribution in [0.4, 0.5) is 0 Å². The van der Waals surface area contributed by atoms with Gasteiger partial charge in [0.1, 0.15) is 19.3 Å². The third kappa shape index (κ3) is 42.1. The molecule has 8 nitrogen and oxygen atoms in total. The molecule has 54 heavy (non-hydrogen) atoms. The van der Waals surface area contributed by atoms with Crippen LogP contribution in [0.5, 0.6) is 0 Å². The summed E-state index contributed by atoms with van der Waals surface area (Å²) < 4.78 is 35.0. The summed E-state index contributed by atoms with van der Waals surface area (Å²) in [6, 6.07) is 0. The predicted octanol–water partition coefficient (Wildman–Crippen LogP) is 13.2. The zero-order valence-corrected chi connectivity index (χ0v) is 37.1. The highest BCUT2D eigenvalue weighted by Crippen LogP contribution is 2.43. The second-order valence-corrected chi connectivity index (χ2v) is 17.9. The van der Waals surface area contributed by atoms with Gasteiger partial charge in [0.15, 0.2) is 0 Å². The molecule has 0 saturated heterocycles. The van der Waals surface area contributed by atoms with Crippen molar-refractivity contribution in [1.29, 1.82) is 0 Å². The van der Waals surface area contributed by atoms with Crippen LogP contribution < -0.4 is 0 Å². The molecule has 1 N–H and O–H groups in total. The van der Waals surface area contributed by atoms with Crippen molar-refractivity contribution >= 4 is 13.8 Å². The average Bonchev–Trinajstić information content (AvgIpc) is 3.12. The van der Waals surface area contributed by atoms with Crippen molar-refractivity contribution in [2.24, 2.45) is 0 Å². The first-order chi connectivity index (χ1) is 26.1. The first-order valence-corrected chi connectivity index (χ1v) is 24.1. The number of likely N-dealkylation sites (N-methyl/N-ethyl adjacent to an activating group) is 1. The minimum absolute atomic E-state index is 0.0883. The molecule has 0 fully saturated rings. The topological polar surface area (TPSA) is 91.3 Å². The summed E-state index contributed by atoms with van der Waals surface area (Å²) in [5.41, 5.74) is 0. The highest BCUT2D eigenvalue weighted by molar-refractivity contribution is 7.47. The van der Waals surface area contributed by atoms with Crippen LogP contribution in [0.15, 0.2) is 24.3 Å². The molecular weight excluding hydrogens is 697 g/mol. The number of esters is 1. The van der Waals surface area contributed by atoms with Crippen molar-refractivity contribution in [3.8, 4) is 0 Å². The number of hydrogen-bond acceptors (Lipinski definition) is 6. The Morgan fingerprint density at radius 3 is 1.56 bits per heavy atom. The van der Waals surface area contributed by atoms with Gasteiger partial charge in [-0.05, 0) is 38.5 Å². The number of rotatable bonds is 42. The molecule has 2 atom stereocenters. The van der Waals surface area contributed by atoms with E-state index in [0.717, 1.165) is 44.9 Å². The molecular formula is C45H89NO7P+. The van der Waals surface area contributed by atoms with E-state index < -0.39 is 13.9 Å². The minimum Gasteiger partial charge on any atom is -0.457 e. The first-order valence-electron chi connectivity index (χ1n) is 22.6. The smallest absolute Gasteiger partial charge is 0.457 e. The summed E-state index contributed by atoms with van der Waals surface area (Å²) in [6.45, 7) is 5.59. The number of quaternary nitrogens is 1. The van der Waals surface area contributed by atoms with Crippen LogP contribution >= 0.6 is 7.82 Å². The zero-order chi connectivity index (χ0) is 39.9. The third-order valence-corrected chi connectivity index (χ3v) is 10.7. The summed E-state index contributed by atoms with van der Waals surface area (Å²) in [5.74, 6) is -0.315. The lowest BCUT2D eigenvalue weighted by atomic mass is 10.0. The molecule has 9 heteroatoms. The van der Waals surface area contributed by atoms with Gasteiger partial charge < -0.3 is 18.9 Å². The molecule has 0 aliphatic carbocycles. The minimum atomic E-state index is -4.27. The monoisotopic (exact) mass is 787 g/mol. The first kappa shape index (κ1) is 53.0. The number of carbonyl (C=O) groups is 1. The Morgan fingerprint density at radius 2 is 1.04 bits per heavy atom. The maximum atomic E-state index is 12.7. The van der Waals surface area contributed by atoms with Crippen LogP contribution in [0.25, 0.3) is 0 Å².